The van der Waals surface area contributed by atoms with Gasteiger partial charge >= 0.3 is 0 Å². The van der Waals surface area contributed by atoms with Crippen LogP contribution in [0.5, 0.6) is 0 Å². The van der Waals surface area contributed by atoms with Crippen molar-refractivity contribution in [1.82, 2.24) is 16.2 Å². The lowest BCUT2D eigenvalue weighted by Crippen LogP contribution is -2.48. The molecule has 1 aromatic rings. The average molecular weight is 330 g/mol. The van der Waals surface area contributed by atoms with Gasteiger partial charge in [-0.25, -0.2) is 0 Å². The monoisotopic (exact) mass is 329 g/mol. The average Bonchev–Trinajstić information content (AvgIpc) is 2.36. The van der Waals surface area contributed by atoms with Crippen LogP contribution in [0.4, 0.5) is 0 Å². The first-order valence-electron chi connectivity index (χ1n) is 5.18. The van der Waals surface area contributed by atoms with E-state index in [4.69, 9.17) is 12.2 Å². The third kappa shape index (κ3) is 4.80. The van der Waals surface area contributed by atoms with Crippen molar-refractivity contribution in [2.45, 2.75) is 13.3 Å². The summed E-state index contributed by atoms with van der Waals surface area (Å²) in [6.07, 6.45) is 0.322. The van der Waals surface area contributed by atoms with E-state index in [1.54, 1.807) is 31.2 Å². The molecule has 0 fully saturated rings. The smallest absolute Gasteiger partial charge is 0.269 e. The molecule has 5 nitrogen and oxygen atoms in total. The fourth-order valence-corrected chi connectivity index (χ4v) is 1.46. The van der Waals surface area contributed by atoms with Gasteiger partial charge in [-0.2, -0.15) is 0 Å². The molecule has 0 aliphatic heterocycles. The van der Waals surface area contributed by atoms with E-state index >= 15 is 0 Å². The highest BCUT2D eigenvalue weighted by atomic mass is 79.9. The third-order valence-electron chi connectivity index (χ3n) is 1.97. The molecule has 0 heterocycles. The number of amides is 2. The van der Waals surface area contributed by atoms with E-state index in [1.807, 2.05) is 0 Å². The summed E-state index contributed by atoms with van der Waals surface area (Å²) in [5, 5.41) is 2.47. The maximum atomic E-state index is 11.7. The largest absolute Gasteiger partial charge is 0.302 e. The molecule has 0 unspecified atom stereocenters. The van der Waals surface area contributed by atoms with Crippen LogP contribution >= 0.6 is 28.1 Å². The van der Waals surface area contributed by atoms with Crippen molar-refractivity contribution in [1.29, 1.82) is 0 Å². The Morgan fingerprint density at radius 1 is 1.22 bits per heavy atom. The molecule has 0 aliphatic rings. The molecule has 1 rings (SSSR count). The molecule has 0 saturated carbocycles. The second kappa shape index (κ2) is 7.07. The zero-order valence-electron chi connectivity index (χ0n) is 9.62. The van der Waals surface area contributed by atoms with Crippen LogP contribution in [0.1, 0.15) is 23.7 Å². The Morgan fingerprint density at radius 2 is 1.83 bits per heavy atom. The van der Waals surface area contributed by atoms with Crippen LogP contribution in [-0.4, -0.2) is 16.9 Å². The minimum Gasteiger partial charge on any atom is -0.302 e. The van der Waals surface area contributed by atoms with Gasteiger partial charge in [-0.05, 0) is 36.5 Å². The Labute approximate surface area is 118 Å². The Morgan fingerprint density at radius 3 is 2.39 bits per heavy atom. The summed E-state index contributed by atoms with van der Waals surface area (Å²) in [6.45, 7) is 1.71. The first kappa shape index (κ1) is 14.6. The van der Waals surface area contributed by atoms with Gasteiger partial charge < -0.3 is 5.32 Å². The van der Waals surface area contributed by atoms with E-state index in [1.165, 1.54) is 0 Å². The van der Waals surface area contributed by atoms with Crippen molar-refractivity contribution in [2.75, 3.05) is 0 Å². The molecule has 0 spiro atoms. The predicted octanol–water partition coefficient (Wildman–Crippen LogP) is 1.49. The molecule has 0 atom stereocenters. The van der Waals surface area contributed by atoms with Gasteiger partial charge in [0.15, 0.2) is 5.11 Å². The summed E-state index contributed by atoms with van der Waals surface area (Å²) >= 11 is 8.10. The molecule has 0 aliphatic carbocycles. The van der Waals surface area contributed by atoms with E-state index < -0.39 is 0 Å². The van der Waals surface area contributed by atoms with E-state index in [-0.39, 0.29) is 16.9 Å². The first-order chi connectivity index (χ1) is 8.52. The number of carbonyl (C=O) groups excluding carboxylic acids is 2. The molecule has 18 heavy (non-hydrogen) atoms. The Kier molecular flexibility index (Phi) is 5.73. The van der Waals surface area contributed by atoms with Crippen LogP contribution in [0.3, 0.4) is 0 Å². The number of benzene rings is 1. The van der Waals surface area contributed by atoms with E-state index in [2.05, 4.69) is 32.1 Å². The number of nitrogens with one attached hydrogen (secondary N) is 3. The van der Waals surface area contributed by atoms with E-state index in [0.29, 0.717) is 12.0 Å². The molecule has 1 aromatic carbocycles. The summed E-state index contributed by atoms with van der Waals surface area (Å²) in [7, 11) is 0. The molecule has 96 valence electrons. The van der Waals surface area contributed by atoms with Gasteiger partial charge in [-0.15, -0.1) is 0 Å². The van der Waals surface area contributed by atoms with Crippen LogP contribution in [0.25, 0.3) is 0 Å². The molecule has 3 N–H and O–H groups in total. The number of hydrogen-bond donors (Lipinski definition) is 3. The van der Waals surface area contributed by atoms with Crippen LogP contribution in [0.15, 0.2) is 28.7 Å². The lowest BCUT2D eigenvalue weighted by molar-refractivity contribution is -0.119. The molecule has 0 aromatic heterocycles. The standard InChI is InChI=1S/C11H12BrN3O2S/c1-2-9(16)13-11(18)15-14-10(17)7-3-5-8(12)6-4-7/h3-6H,2H2,1H3,(H,14,17)(H2,13,15,16,18). The zero-order chi connectivity index (χ0) is 13.5. The van der Waals surface area contributed by atoms with Gasteiger partial charge in [0.1, 0.15) is 0 Å². The predicted molar refractivity (Wildman–Crippen MR) is 75.8 cm³/mol. The van der Waals surface area contributed by atoms with E-state index in [0.717, 1.165) is 4.47 Å². The first-order valence-corrected chi connectivity index (χ1v) is 6.38. The van der Waals surface area contributed by atoms with Crippen LogP contribution < -0.4 is 16.2 Å². The van der Waals surface area contributed by atoms with Crippen molar-refractivity contribution < 1.29 is 9.59 Å². The van der Waals surface area contributed by atoms with Gasteiger partial charge in [-0.3, -0.25) is 20.4 Å². The quantitative estimate of drug-likeness (QED) is 0.568. The zero-order valence-corrected chi connectivity index (χ0v) is 12.0. The van der Waals surface area contributed by atoms with Crippen molar-refractivity contribution in [3.8, 4) is 0 Å². The van der Waals surface area contributed by atoms with Gasteiger partial charge in [0, 0.05) is 16.5 Å². The highest BCUT2D eigenvalue weighted by molar-refractivity contribution is 9.10. The maximum Gasteiger partial charge on any atom is 0.269 e. The minimum absolute atomic E-state index is 0.0623. The number of rotatable bonds is 2. The molecule has 0 radical (unpaired) electrons. The van der Waals surface area contributed by atoms with E-state index in [9.17, 15) is 9.59 Å². The van der Waals surface area contributed by atoms with Crippen LogP contribution in [-0.2, 0) is 4.79 Å². The van der Waals surface area contributed by atoms with Crippen molar-refractivity contribution in [2.24, 2.45) is 0 Å². The topological polar surface area (TPSA) is 70.2 Å². The molecule has 0 saturated heterocycles. The lowest BCUT2D eigenvalue weighted by Gasteiger charge is -2.10. The molecule has 7 heteroatoms. The SMILES string of the molecule is CCC(=O)NC(=S)NNC(=O)c1ccc(Br)cc1. The number of halogens is 1. The van der Waals surface area contributed by atoms with Gasteiger partial charge in [0.2, 0.25) is 5.91 Å². The van der Waals surface area contributed by atoms with Gasteiger partial charge in [0.05, 0.1) is 0 Å². The van der Waals surface area contributed by atoms with Gasteiger partial charge in [0.25, 0.3) is 5.91 Å². The summed E-state index contributed by atoms with van der Waals surface area (Å²) in [6, 6.07) is 6.84. The number of hydrazine groups is 1. The van der Waals surface area contributed by atoms with Crippen molar-refractivity contribution in [3.05, 3.63) is 34.3 Å². The maximum absolute atomic E-state index is 11.7. The fourth-order valence-electron chi connectivity index (χ4n) is 1.03. The Bertz CT molecular complexity index is 462. The molecule has 2 amide bonds. The number of carbonyl (C=O) groups is 2. The Balaban J connectivity index is 2.44. The molecular weight excluding hydrogens is 318 g/mol. The second-order valence-corrected chi connectivity index (χ2v) is 4.64. The fraction of sp³-hybridized carbons (Fsp3) is 0.182. The van der Waals surface area contributed by atoms with Crippen molar-refractivity contribution in [3.63, 3.8) is 0 Å². The van der Waals surface area contributed by atoms with Crippen LogP contribution in [0.2, 0.25) is 0 Å². The number of hydrogen-bond acceptors (Lipinski definition) is 3. The third-order valence-corrected chi connectivity index (χ3v) is 2.70. The second-order valence-electron chi connectivity index (χ2n) is 3.32. The highest BCUT2D eigenvalue weighted by Gasteiger charge is 2.06. The highest BCUT2D eigenvalue weighted by Crippen LogP contribution is 2.09. The summed E-state index contributed by atoms with van der Waals surface area (Å²) in [4.78, 5) is 22.7. The minimum atomic E-state index is -0.337. The molecular formula is C11H12BrN3O2S. The summed E-state index contributed by atoms with van der Waals surface area (Å²) in [5.41, 5.74) is 5.32. The number of thiocarbonyl (C=S) groups is 1. The Hall–Kier alpha value is -1.47. The lowest BCUT2D eigenvalue weighted by atomic mass is 10.2. The summed E-state index contributed by atoms with van der Waals surface area (Å²) in [5.74, 6) is -0.555. The molecule has 0 bridgehead atoms. The summed E-state index contributed by atoms with van der Waals surface area (Å²) < 4.78 is 0.887. The normalized spacial score (nSPS) is 9.44. The van der Waals surface area contributed by atoms with Crippen LogP contribution in [0, 0.1) is 0 Å². The van der Waals surface area contributed by atoms with Crippen molar-refractivity contribution >= 4 is 45.1 Å². The van der Waals surface area contributed by atoms with Gasteiger partial charge in [-0.1, -0.05) is 22.9 Å².